The van der Waals surface area contributed by atoms with E-state index in [-0.39, 0.29) is 5.97 Å². The monoisotopic (exact) mass is 457 g/mol. The van der Waals surface area contributed by atoms with Gasteiger partial charge < -0.3 is 9.64 Å². The first-order valence-corrected chi connectivity index (χ1v) is 10.4. The molecule has 1 unspecified atom stereocenters. The van der Waals surface area contributed by atoms with Crippen molar-refractivity contribution in [1.82, 2.24) is 4.90 Å². The molecule has 5 heteroatoms. The van der Waals surface area contributed by atoms with Crippen LogP contribution in [0.1, 0.15) is 47.8 Å². The van der Waals surface area contributed by atoms with Gasteiger partial charge in [-0.2, -0.15) is 0 Å². The van der Waals surface area contributed by atoms with Crippen LogP contribution in [0, 0.1) is 8.80 Å². The van der Waals surface area contributed by atoms with Crippen molar-refractivity contribution in [3.63, 3.8) is 0 Å². The Hall–Kier alpha value is -0.660. The van der Waals surface area contributed by atoms with Crippen LogP contribution in [0.15, 0.2) is 23.3 Å². The number of methoxy groups -OCH3 is 1. The van der Waals surface area contributed by atoms with Gasteiger partial charge in [-0.3, -0.25) is 0 Å². The van der Waals surface area contributed by atoms with Gasteiger partial charge in [-0.05, 0) is 84.0 Å². The molecule has 0 fully saturated rings. The number of esters is 1. The first-order valence-electron chi connectivity index (χ1n) is 8.47. The van der Waals surface area contributed by atoms with E-state index in [4.69, 9.17) is 4.74 Å². The highest BCUT2D eigenvalue weighted by atomic mass is 127. The zero-order valence-corrected chi connectivity index (χ0v) is 17.5. The molecule has 0 saturated heterocycles. The third-order valence-electron chi connectivity index (χ3n) is 4.99. The molecule has 1 aliphatic heterocycles. The molecule has 1 atom stereocenters. The Morgan fingerprint density at radius 1 is 1.38 bits per heavy atom. The van der Waals surface area contributed by atoms with E-state index in [1.165, 1.54) is 48.0 Å². The van der Waals surface area contributed by atoms with Crippen LogP contribution in [0.25, 0.3) is 5.57 Å². The van der Waals surface area contributed by atoms with Crippen LogP contribution in [0.5, 0.6) is 0 Å². The van der Waals surface area contributed by atoms with E-state index < -0.39 is 0 Å². The number of halogens is 1. The van der Waals surface area contributed by atoms with Crippen LogP contribution in [0.3, 0.4) is 0 Å². The van der Waals surface area contributed by atoms with Crippen LogP contribution in [0.2, 0.25) is 0 Å². The number of thiophene rings is 1. The zero-order valence-electron chi connectivity index (χ0n) is 14.5. The van der Waals surface area contributed by atoms with E-state index >= 15 is 0 Å². The fourth-order valence-electron chi connectivity index (χ4n) is 3.56. The summed E-state index contributed by atoms with van der Waals surface area (Å²) in [6.45, 7) is 4.34. The van der Waals surface area contributed by atoms with E-state index in [0.717, 1.165) is 45.2 Å². The van der Waals surface area contributed by atoms with Crippen molar-refractivity contribution >= 4 is 45.5 Å². The van der Waals surface area contributed by atoms with Gasteiger partial charge in [0.2, 0.25) is 0 Å². The van der Waals surface area contributed by atoms with E-state index in [9.17, 15) is 4.79 Å². The topological polar surface area (TPSA) is 29.5 Å². The second-order valence-electron chi connectivity index (χ2n) is 6.84. The Morgan fingerprint density at radius 3 is 2.83 bits per heavy atom. The summed E-state index contributed by atoms with van der Waals surface area (Å²) < 4.78 is 6.16. The smallest absolute Gasteiger partial charge is 0.348 e. The molecule has 24 heavy (non-hydrogen) atoms. The van der Waals surface area contributed by atoms with E-state index in [0.29, 0.717) is 0 Å². The Morgan fingerprint density at radius 2 is 2.17 bits per heavy atom. The molecule has 3 rings (SSSR count). The van der Waals surface area contributed by atoms with Crippen molar-refractivity contribution in [3.05, 3.63) is 36.6 Å². The maximum absolute atomic E-state index is 12.2. The summed E-state index contributed by atoms with van der Waals surface area (Å²) in [7, 11) is 3.65. The average molecular weight is 457 g/mol. The summed E-state index contributed by atoms with van der Waals surface area (Å²) in [5.41, 5.74) is 5.38. The van der Waals surface area contributed by atoms with E-state index in [1.54, 1.807) is 0 Å². The summed E-state index contributed by atoms with van der Waals surface area (Å²) in [6.07, 6.45) is 7.01. The van der Waals surface area contributed by atoms with Gasteiger partial charge >= 0.3 is 5.97 Å². The summed E-state index contributed by atoms with van der Waals surface area (Å²) >= 11 is 3.84. The van der Waals surface area contributed by atoms with Crippen LogP contribution in [-0.4, -0.2) is 38.1 Å². The number of rotatable bonds is 3. The van der Waals surface area contributed by atoms with Gasteiger partial charge in [0, 0.05) is 18.7 Å². The molecule has 2 aliphatic rings. The lowest BCUT2D eigenvalue weighted by Crippen LogP contribution is -2.29. The molecular weight excluding hydrogens is 433 g/mol. The molecule has 2 heterocycles. The highest BCUT2D eigenvalue weighted by Crippen LogP contribution is 2.39. The molecule has 0 N–H and O–H groups in total. The summed E-state index contributed by atoms with van der Waals surface area (Å²) in [6, 6.07) is 2.16. The lowest BCUT2D eigenvalue weighted by molar-refractivity contribution is 0.0606. The Bertz CT molecular complexity index is 704. The fraction of sp³-hybridized carbons (Fsp3) is 0.526. The summed E-state index contributed by atoms with van der Waals surface area (Å²) in [5.74, 6) is 0.571. The maximum Gasteiger partial charge on any atom is 0.348 e. The maximum atomic E-state index is 12.2. The predicted molar refractivity (Wildman–Crippen MR) is 109 cm³/mol. The lowest BCUT2D eigenvalue weighted by atomic mass is 9.82. The number of hydrogen-bond donors (Lipinski definition) is 0. The quantitative estimate of drug-likeness (QED) is 0.474. The Kier molecular flexibility index (Phi) is 5.82. The van der Waals surface area contributed by atoms with Crippen molar-refractivity contribution in [3.8, 4) is 0 Å². The summed E-state index contributed by atoms with van der Waals surface area (Å²) in [5, 5.41) is 0. The lowest BCUT2D eigenvalue weighted by Gasteiger charge is -2.31. The van der Waals surface area contributed by atoms with Gasteiger partial charge in [-0.15, -0.1) is 11.3 Å². The van der Waals surface area contributed by atoms with Crippen LogP contribution in [0.4, 0.5) is 0 Å². The second kappa shape index (κ2) is 7.70. The highest BCUT2D eigenvalue weighted by molar-refractivity contribution is 14.1. The molecule has 0 aromatic carbocycles. The minimum Gasteiger partial charge on any atom is -0.465 e. The van der Waals surface area contributed by atoms with Crippen molar-refractivity contribution < 1.29 is 9.53 Å². The first-order chi connectivity index (χ1) is 11.5. The van der Waals surface area contributed by atoms with Gasteiger partial charge in [0.15, 0.2) is 0 Å². The predicted octanol–water partition coefficient (Wildman–Crippen LogP) is 4.97. The van der Waals surface area contributed by atoms with Gasteiger partial charge in [0.05, 0.1) is 9.99 Å². The number of carbonyl (C=O) groups excluding carboxylic acids is 1. The molecule has 0 amide bonds. The van der Waals surface area contributed by atoms with Crippen molar-refractivity contribution in [2.75, 3.05) is 27.2 Å². The van der Waals surface area contributed by atoms with Crippen LogP contribution >= 0.6 is 33.9 Å². The Labute approximate surface area is 161 Å². The molecule has 1 aromatic rings. The molecule has 0 radical (unpaired) electrons. The molecule has 0 saturated carbocycles. The normalized spacial score (nSPS) is 22.5. The molecule has 1 aliphatic carbocycles. The first kappa shape index (κ1) is 18.1. The SMILES string of the molecule is COC(=O)c1sc(I)cc1C1=C(C2=CCC(C)CC2)CN(C)CC1. The molecule has 3 nitrogen and oxygen atoms in total. The van der Waals surface area contributed by atoms with Gasteiger partial charge in [-0.1, -0.05) is 13.0 Å². The molecule has 0 spiro atoms. The third kappa shape index (κ3) is 3.78. The number of carbonyl (C=O) groups is 1. The largest absolute Gasteiger partial charge is 0.465 e. The molecule has 0 bridgehead atoms. The molecule has 1 aromatic heterocycles. The van der Waals surface area contributed by atoms with Crippen molar-refractivity contribution in [2.45, 2.75) is 32.6 Å². The Balaban J connectivity index is 2.08. The standard InChI is InChI=1S/C19H24INO2S/c1-12-4-6-13(7-5-12)16-11-21(2)9-8-14(16)15-10-17(20)24-18(15)19(22)23-3/h6,10,12H,4-5,7-9,11H2,1-3H3. The molecule has 130 valence electrons. The van der Waals surface area contributed by atoms with Gasteiger partial charge in [-0.25, -0.2) is 4.79 Å². The van der Waals surface area contributed by atoms with Crippen LogP contribution in [-0.2, 0) is 4.74 Å². The number of ether oxygens (including phenoxy) is 1. The van der Waals surface area contributed by atoms with Gasteiger partial charge in [0.25, 0.3) is 0 Å². The fourth-order valence-corrected chi connectivity index (χ4v) is 5.36. The van der Waals surface area contributed by atoms with Crippen molar-refractivity contribution in [1.29, 1.82) is 0 Å². The van der Waals surface area contributed by atoms with Crippen LogP contribution < -0.4 is 0 Å². The second-order valence-corrected chi connectivity index (χ2v) is 9.79. The number of allylic oxidation sites excluding steroid dienone is 1. The zero-order chi connectivity index (χ0) is 17.3. The van der Waals surface area contributed by atoms with Gasteiger partial charge in [0.1, 0.15) is 4.88 Å². The average Bonchev–Trinajstić information content (AvgIpc) is 2.96. The number of nitrogens with zero attached hydrogens (tertiary/aromatic N) is 1. The minimum absolute atomic E-state index is 0.213. The van der Waals surface area contributed by atoms with E-state index in [1.807, 2.05) is 0 Å². The minimum atomic E-state index is -0.213. The van der Waals surface area contributed by atoms with Crippen molar-refractivity contribution in [2.24, 2.45) is 5.92 Å². The highest BCUT2D eigenvalue weighted by Gasteiger charge is 2.27. The number of likely N-dealkylation sites (N-methyl/N-ethyl adjacent to an activating group) is 1. The third-order valence-corrected chi connectivity index (χ3v) is 6.87. The summed E-state index contributed by atoms with van der Waals surface area (Å²) in [4.78, 5) is 15.4. The number of hydrogen-bond acceptors (Lipinski definition) is 4. The molecular formula is C19H24INO2S. The van der Waals surface area contributed by atoms with E-state index in [2.05, 4.69) is 53.6 Å².